The highest BCUT2D eigenvalue weighted by Gasteiger charge is 2.42. The molecule has 16 nitrogen and oxygen atoms in total. The Morgan fingerprint density at radius 1 is 1.17 bits per heavy atom. The topological polar surface area (TPSA) is 249 Å². The molecule has 0 unspecified atom stereocenters. The number of rotatable bonds is 9. The molecule has 3 aliphatic heterocycles. The lowest BCUT2D eigenvalue weighted by Crippen LogP contribution is -2.61. The lowest BCUT2D eigenvalue weighted by molar-refractivity contribution is -0.174. The molecular formula is C29H41ClN6O10S2. The Morgan fingerprint density at radius 3 is 2.46 bits per heavy atom. The van der Waals surface area contributed by atoms with Gasteiger partial charge >= 0.3 is 11.9 Å². The molecule has 0 radical (unpaired) electrons. The largest absolute Gasteiger partial charge is 0.480 e. The number of fused-ring (bicyclic) bond motifs is 2. The molecule has 3 heterocycles. The number of carboxylic acid groups (broad SMARTS) is 1. The van der Waals surface area contributed by atoms with Gasteiger partial charge in [-0.25, -0.2) is 31.8 Å². The van der Waals surface area contributed by atoms with Gasteiger partial charge in [-0.3, -0.25) is 19.9 Å². The highest BCUT2D eigenvalue weighted by Crippen LogP contribution is 2.32. The van der Waals surface area contributed by atoms with Crippen LogP contribution in [0.15, 0.2) is 52.3 Å². The molecule has 3 atom stereocenters. The van der Waals surface area contributed by atoms with Crippen molar-refractivity contribution in [1.29, 1.82) is 0 Å². The number of esters is 1. The smallest absolute Gasteiger partial charge is 0.328 e. The highest BCUT2D eigenvalue weighted by molar-refractivity contribution is 7.90. The Hall–Kier alpha value is -3.36. The van der Waals surface area contributed by atoms with E-state index in [1.165, 1.54) is 11.1 Å². The van der Waals surface area contributed by atoms with Crippen LogP contribution >= 0.6 is 11.6 Å². The van der Waals surface area contributed by atoms with Crippen LogP contribution in [0, 0.1) is 0 Å². The fourth-order valence-electron chi connectivity index (χ4n) is 5.68. The second-order valence-electron chi connectivity index (χ2n) is 11.1. The number of halogens is 1. The maximum Gasteiger partial charge on any atom is 0.328 e. The molecule has 0 aromatic heterocycles. The van der Waals surface area contributed by atoms with E-state index in [4.69, 9.17) is 21.5 Å². The third-order valence-corrected chi connectivity index (χ3v) is 10.7. The summed E-state index contributed by atoms with van der Waals surface area (Å²) in [4.78, 5) is 37.0. The number of nitrogens with zero attached hydrogens (tertiary/aromatic N) is 2. The monoisotopic (exact) mass is 732 g/mol. The van der Waals surface area contributed by atoms with Crippen LogP contribution in [0.4, 0.5) is 5.69 Å². The first-order valence-electron chi connectivity index (χ1n) is 15.1. The lowest BCUT2D eigenvalue weighted by Gasteiger charge is -2.42. The van der Waals surface area contributed by atoms with Crippen molar-refractivity contribution in [3.63, 3.8) is 0 Å². The maximum atomic E-state index is 13.3. The zero-order chi connectivity index (χ0) is 34.4. The van der Waals surface area contributed by atoms with Gasteiger partial charge in [0.25, 0.3) is 5.91 Å². The van der Waals surface area contributed by atoms with Gasteiger partial charge in [-0.05, 0) is 63.1 Å². The molecule has 48 heavy (non-hydrogen) atoms. The molecule has 8 N–H and O–H groups in total. The Labute approximate surface area is 284 Å². The van der Waals surface area contributed by atoms with Crippen LogP contribution in [0.25, 0.3) is 0 Å². The molecule has 19 heteroatoms. The molecule has 2 aromatic rings. The van der Waals surface area contributed by atoms with E-state index >= 15 is 0 Å². The van der Waals surface area contributed by atoms with Crippen molar-refractivity contribution < 1.29 is 46.5 Å². The number of sulfonamides is 2. The lowest BCUT2D eigenvalue weighted by atomic mass is 10.0. The van der Waals surface area contributed by atoms with Gasteiger partial charge < -0.3 is 20.6 Å². The Balaban J connectivity index is 0.000000295. The summed E-state index contributed by atoms with van der Waals surface area (Å²) < 4.78 is 53.1. The second-order valence-corrected chi connectivity index (χ2v) is 14.8. The number of hydrazine groups is 1. The number of carboxylic acids is 1. The van der Waals surface area contributed by atoms with Crippen molar-refractivity contribution in [3.8, 4) is 0 Å². The number of nitrogens with two attached hydrogens (primary N) is 1. The molecule has 0 spiro atoms. The van der Waals surface area contributed by atoms with Crippen LogP contribution in [-0.2, 0) is 45.6 Å². The predicted molar refractivity (Wildman–Crippen MR) is 176 cm³/mol. The molecule has 5 rings (SSSR count). The summed E-state index contributed by atoms with van der Waals surface area (Å²) in [6.45, 7) is 3.35. The van der Waals surface area contributed by atoms with Crippen LogP contribution in [0.3, 0.4) is 0 Å². The van der Waals surface area contributed by atoms with E-state index < -0.39 is 49.0 Å². The van der Waals surface area contributed by atoms with Crippen molar-refractivity contribution in [2.24, 2.45) is 5.14 Å². The summed E-state index contributed by atoms with van der Waals surface area (Å²) in [6.07, 6.45) is 3.67. The number of aliphatic carboxylic acids is 1. The first-order chi connectivity index (χ1) is 22.2. The number of carbonyl (C=O) groups excluding carboxylic acids is 2. The van der Waals surface area contributed by atoms with Crippen LogP contribution in [-0.4, -0.2) is 99.8 Å². The van der Waals surface area contributed by atoms with Gasteiger partial charge in [0.15, 0.2) is 0 Å². The van der Waals surface area contributed by atoms with Gasteiger partial charge in [-0.15, -0.1) is 0 Å². The van der Waals surface area contributed by atoms with Gasteiger partial charge in [0.1, 0.15) is 21.9 Å². The van der Waals surface area contributed by atoms with Gasteiger partial charge in [0.2, 0.25) is 20.0 Å². The summed E-state index contributed by atoms with van der Waals surface area (Å²) in [5.41, 5.74) is 1.34. The minimum Gasteiger partial charge on any atom is -0.480 e. The van der Waals surface area contributed by atoms with E-state index in [9.17, 15) is 36.3 Å². The maximum absolute atomic E-state index is 13.3. The first kappa shape index (κ1) is 39.1. The van der Waals surface area contributed by atoms with Crippen molar-refractivity contribution in [3.05, 3.63) is 53.1 Å². The van der Waals surface area contributed by atoms with E-state index in [1.807, 2.05) is 35.3 Å². The van der Waals surface area contributed by atoms with Gasteiger partial charge in [0.05, 0.1) is 30.0 Å². The summed E-state index contributed by atoms with van der Waals surface area (Å²) in [5, 5.41) is 23.6. The number of nitrogens with one attached hydrogen (secondary N) is 3. The second kappa shape index (κ2) is 16.8. The quantitative estimate of drug-likeness (QED) is 0.220. The van der Waals surface area contributed by atoms with E-state index in [0.29, 0.717) is 38.8 Å². The van der Waals surface area contributed by atoms with E-state index in [0.717, 1.165) is 24.5 Å². The molecule has 2 saturated heterocycles. The summed E-state index contributed by atoms with van der Waals surface area (Å²) in [7, 11) is -7.80. The van der Waals surface area contributed by atoms with Crippen LogP contribution in [0.2, 0.25) is 5.02 Å². The predicted octanol–water partition coefficient (Wildman–Crippen LogP) is 0.420. The molecule has 2 aromatic carbocycles. The van der Waals surface area contributed by atoms with Crippen LogP contribution in [0.1, 0.15) is 44.6 Å². The van der Waals surface area contributed by atoms with Gasteiger partial charge in [0, 0.05) is 13.1 Å². The standard InChI is InChI=1S/C22H31N3O5.C7H8ClN3O4S2.H2O/c1-2-30-22(29)18(13-12-16-8-4-3-5-9-16)23-17-10-6-14-24-15-7-11-19(21(27)28)25(24)20(17)26;8-4-1-5-7(2-6(4)16(9,12)13)17(14,15)11-3-10-5;/h3-5,8-9,17-19,23H,2,6-7,10-15H2,1H3,(H,27,28);1-2,10-11H,3H2,(H2,9,12,13);1H2/t17-,18-,19-;;/m0../s1. The fraction of sp³-hybridized carbons (Fsp3) is 0.483. The van der Waals surface area contributed by atoms with Crippen molar-refractivity contribution in [2.45, 2.75) is 73.4 Å². The minimum absolute atomic E-state index is 0. The van der Waals surface area contributed by atoms with E-state index in [2.05, 4.69) is 15.4 Å². The van der Waals surface area contributed by atoms with Crippen molar-refractivity contribution in [1.82, 2.24) is 20.1 Å². The number of aryl methyl sites for hydroxylation is 1. The number of carbonyl (C=O) groups is 3. The van der Waals surface area contributed by atoms with E-state index in [-0.39, 0.29) is 46.2 Å². The number of ether oxygens (including phenoxy) is 1. The molecule has 266 valence electrons. The highest BCUT2D eigenvalue weighted by atomic mass is 35.5. The zero-order valence-electron chi connectivity index (χ0n) is 26.2. The van der Waals surface area contributed by atoms with Crippen molar-refractivity contribution in [2.75, 3.05) is 31.7 Å². The normalized spacial score (nSPS) is 21.1. The average Bonchev–Trinajstić information content (AvgIpc) is 3.17. The van der Waals surface area contributed by atoms with Gasteiger partial charge in [-0.2, -0.15) is 4.72 Å². The zero-order valence-corrected chi connectivity index (χ0v) is 28.6. The molecule has 0 aliphatic carbocycles. The summed E-state index contributed by atoms with van der Waals surface area (Å²) >= 11 is 5.72. The third-order valence-electron chi connectivity index (χ3n) is 7.92. The molecular weight excluding hydrogens is 692 g/mol. The minimum atomic E-state index is -4.07. The van der Waals surface area contributed by atoms with Crippen molar-refractivity contribution >= 4 is 55.2 Å². The molecule has 0 saturated carbocycles. The van der Waals surface area contributed by atoms with E-state index in [1.54, 1.807) is 6.92 Å². The molecule has 0 bridgehead atoms. The molecule has 2 fully saturated rings. The van der Waals surface area contributed by atoms with Crippen LogP contribution < -0.4 is 20.5 Å². The number of hydrogen-bond acceptors (Lipinski definition) is 11. The number of anilines is 1. The first-order valence-corrected chi connectivity index (χ1v) is 18.5. The summed E-state index contributed by atoms with van der Waals surface area (Å²) in [5.74, 6) is -1.64. The summed E-state index contributed by atoms with van der Waals surface area (Å²) in [6, 6.07) is 9.92. The number of hydrogen-bond donors (Lipinski definition) is 5. The molecule has 1 amide bonds. The third kappa shape index (κ3) is 9.63. The number of amides is 1. The Bertz CT molecular complexity index is 1680. The number of benzene rings is 2. The average molecular weight is 733 g/mol. The van der Waals surface area contributed by atoms with Crippen LogP contribution in [0.5, 0.6) is 0 Å². The SMILES string of the molecule is CCOC(=O)[C@H](CCc1ccccc1)N[C@H]1CCCN2CCC[C@@H](C(=O)O)N2C1=O.NS(=O)(=O)c1cc2c(cc1Cl)NCNS2(=O)=O.O. The number of primary sulfonamides is 1. The Morgan fingerprint density at radius 2 is 1.83 bits per heavy atom. The fourth-order valence-corrected chi connectivity index (χ4v) is 7.96. The van der Waals surface area contributed by atoms with Gasteiger partial charge in [-0.1, -0.05) is 41.9 Å². The molecule has 3 aliphatic rings. The Kier molecular flexibility index (Phi) is 13.7.